The third-order valence-electron chi connectivity index (χ3n) is 2.16. The number of ether oxygens (including phenoxy) is 1. The molecule has 0 aliphatic carbocycles. The van der Waals surface area contributed by atoms with Gasteiger partial charge in [-0.15, -0.1) is 0 Å². The van der Waals surface area contributed by atoms with Gasteiger partial charge in [0.05, 0.1) is 6.26 Å². The quantitative estimate of drug-likeness (QED) is 0.524. The van der Waals surface area contributed by atoms with Crippen molar-refractivity contribution in [3.63, 3.8) is 0 Å². The first-order valence-electron chi connectivity index (χ1n) is 5.24. The van der Waals surface area contributed by atoms with E-state index in [9.17, 15) is 0 Å². The van der Waals surface area contributed by atoms with E-state index in [2.05, 4.69) is 19.1 Å². The van der Waals surface area contributed by atoms with Gasteiger partial charge in [-0.2, -0.15) is 0 Å². The molecule has 0 unspecified atom stereocenters. The minimum Gasteiger partial charge on any atom is -0.493 e. The smallest absolute Gasteiger partial charge is 0.120 e. The Balaban J connectivity index is 2.57. The number of allylic oxidation sites excluding steroid dienone is 3. The van der Waals surface area contributed by atoms with E-state index in [-0.39, 0.29) is 6.10 Å². The third kappa shape index (κ3) is 4.03. The lowest BCUT2D eigenvalue weighted by Gasteiger charge is -2.11. The molecule has 0 bridgehead atoms. The third-order valence-corrected chi connectivity index (χ3v) is 2.16. The molecule has 0 aliphatic rings. The molecule has 1 heteroatoms. The van der Waals surface area contributed by atoms with E-state index in [0.717, 1.165) is 5.57 Å². The summed E-state index contributed by atoms with van der Waals surface area (Å²) in [5.74, 6) is 0. The molecule has 0 saturated carbocycles. The van der Waals surface area contributed by atoms with E-state index in [1.165, 1.54) is 5.56 Å². The van der Waals surface area contributed by atoms with Crippen LogP contribution >= 0.6 is 0 Å². The van der Waals surface area contributed by atoms with Crippen molar-refractivity contribution >= 4 is 0 Å². The molecule has 0 heterocycles. The van der Waals surface area contributed by atoms with Gasteiger partial charge in [0.25, 0.3) is 0 Å². The topological polar surface area (TPSA) is 9.23 Å². The Kier molecular flexibility index (Phi) is 4.69. The SMILES string of the molecule is C/C=C/C(C)=C/O[C@H](C)c1ccccc1. The molecule has 1 aromatic rings. The normalized spacial score (nSPS) is 14.2. The van der Waals surface area contributed by atoms with Crippen LogP contribution in [0.2, 0.25) is 0 Å². The van der Waals surface area contributed by atoms with Gasteiger partial charge < -0.3 is 4.74 Å². The second-order valence-corrected chi connectivity index (χ2v) is 3.55. The average molecular weight is 202 g/mol. The van der Waals surface area contributed by atoms with Crippen LogP contribution in [-0.4, -0.2) is 0 Å². The summed E-state index contributed by atoms with van der Waals surface area (Å²) in [7, 11) is 0. The van der Waals surface area contributed by atoms with Crippen molar-refractivity contribution in [2.24, 2.45) is 0 Å². The minimum absolute atomic E-state index is 0.103. The van der Waals surface area contributed by atoms with Crippen molar-refractivity contribution < 1.29 is 4.74 Å². The largest absolute Gasteiger partial charge is 0.493 e. The Morgan fingerprint density at radius 1 is 1.27 bits per heavy atom. The van der Waals surface area contributed by atoms with E-state index in [1.54, 1.807) is 6.26 Å². The summed E-state index contributed by atoms with van der Waals surface area (Å²) in [6.45, 7) is 6.07. The first kappa shape index (κ1) is 11.6. The highest BCUT2D eigenvalue weighted by molar-refractivity contribution is 5.18. The Hall–Kier alpha value is -1.50. The Morgan fingerprint density at radius 3 is 2.53 bits per heavy atom. The maximum absolute atomic E-state index is 5.63. The van der Waals surface area contributed by atoms with Crippen LogP contribution in [0.15, 0.2) is 54.3 Å². The predicted octanol–water partition coefficient (Wildman–Crippen LogP) is 4.24. The summed E-state index contributed by atoms with van der Waals surface area (Å²) in [5.41, 5.74) is 2.32. The van der Waals surface area contributed by atoms with Gasteiger partial charge in [0.2, 0.25) is 0 Å². The van der Waals surface area contributed by atoms with E-state index in [4.69, 9.17) is 4.74 Å². The van der Waals surface area contributed by atoms with Crippen LogP contribution in [0.1, 0.15) is 32.4 Å². The Morgan fingerprint density at radius 2 is 1.93 bits per heavy atom. The molecule has 0 radical (unpaired) electrons. The zero-order chi connectivity index (χ0) is 11.1. The molecule has 0 saturated heterocycles. The molecule has 0 spiro atoms. The summed E-state index contributed by atoms with van der Waals surface area (Å²) in [6.07, 6.45) is 5.93. The molecule has 1 aromatic carbocycles. The lowest BCUT2D eigenvalue weighted by Crippen LogP contribution is -1.94. The fourth-order valence-electron chi connectivity index (χ4n) is 1.31. The highest BCUT2D eigenvalue weighted by Gasteiger charge is 2.02. The number of rotatable bonds is 4. The second kappa shape index (κ2) is 6.07. The molecule has 0 aliphatic heterocycles. The molecule has 80 valence electrons. The summed E-state index contributed by atoms with van der Waals surface area (Å²) in [6, 6.07) is 10.2. The molecule has 1 nitrogen and oxygen atoms in total. The summed E-state index contributed by atoms with van der Waals surface area (Å²) >= 11 is 0. The number of hydrogen-bond acceptors (Lipinski definition) is 1. The zero-order valence-corrected chi connectivity index (χ0v) is 9.60. The van der Waals surface area contributed by atoms with Crippen LogP contribution in [-0.2, 0) is 4.74 Å². The lowest BCUT2D eigenvalue weighted by molar-refractivity contribution is 0.162. The van der Waals surface area contributed by atoms with Gasteiger partial charge >= 0.3 is 0 Å². The maximum Gasteiger partial charge on any atom is 0.120 e. The maximum atomic E-state index is 5.63. The molecule has 1 rings (SSSR count). The Labute approximate surface area is 92.1 Å². The summed E-state index contributed by atoms with van der Waals surface area (Å²) in [4.78, 5) is 0. The monoisotopic (exact) mass is 202 g/mol. The molecule has 15 heavy (non-hydrogen) atoms. The molecule has 1 atom stereocenters. The fourth-order valence-corrected chi connectivity index (χ4v) is 1.31. The van der Waals surface area contributed by atoms with Gasteiger partial charge in [0.1, 0.15) is 6.10 Å². The molecule has 0 amide bonds. The van der Waals surface area contributed by atoms with Crippen molar-refractivity contribution in [3.8, 4) is 0 Å². The summed E-state index contributed by atoms with van der Waals surface area (Å²) in [5, 5.41) is 0. The molecule has 0 N–H and O–H groups in total. The van der Waals surface area contributed by atoms with Crippen molar-refractivity contribution in [2.75, 3.05) is 0 Å². The number of benzene rings is 1. The number of hydrogen-bond donors (Lipinski definition) is 0. The highest BCUT2D eigenvalue weighted by atomic mass is 16.5. The second-order valence-electron chi connectivity index (χ2n) is 3.55. The van der Waals surface area contributed by atoms with E-state index < -0.39 is 0 Å². The average Bonchev–Trinajstić information content (AvgIpc) is 2.27. The predicted molar refractivity (Wildman–Crippen MR) is 64.5 cm³/mol. The zero-order valence-electron chi connectivity index (χ0n) is 9.60. The first-order valence-corrected chi connectivity index (χ1v) is 5.24. The highest BCUT2D eigenvalue weighted by Crippen LogP contribution is 2.16. The summed E-state index contributed by atoms with van der Waals surface area (Å²) < 4.78 is 5.63. The first-order chi connectivity index (χ1) is 7.24. The fraction of sp³-hybridized carbons (Fsp3) is 0.286. The Bertz CT molecular complexity index is 336. The minimum atomic E-state index is 0.103. The van der Waals surface area contributed by atoms with Gasteiger partial charge in [-0.05, 0) is 31.9 Å². The van der Waals surface area contributed by atoms with Gasteiger partial charge in [0, 0.05) is 0 Å². The van der Waals surface area contributed by atoms with Crippen LogP contribution in [0.4, 0.5) is 0 Å². The van der Waals surface area contributed by atoms with Crippen LogP contribution < -0.4 is 0 Å². The van der Waals surface area contributed by atoms with E-state index in [1.807, 2.05) is 44.2 Å². The molecular formula is C14H18O. The molecular weight excluding hydrogens is 184 g/mol. The molecule has 0 aromatic heterocycles. The van der Waals surface area contributed by atoms with Crippen molar-refractivity contribution in [1.29, 1.82) is 0 Å². The lowest BCUT2D eigenvalue weighted by atomic mass is 10.1. The van der Waals surface area contributed by atoms with Crippen LogP contribution in [0, 0.1) is 0 Å². The van der Waals surface area contributed by atoms with Crippen LogP contribution in [0.25, 0.3) is 0 Å². The van der Waals surface area contributed by atoms with Gasteiger partial charge in [-0.25, -0.2) is 0 Å². The van der Waals surface area contributed by atoms with Gasteiger partial charge in [0.15, 0.2) is 0 Å². The standard InChI is InChI=1S/C14H18O/c1-4-8-12(2)11-15-13(3)14-9-6-5-7-10-14/h4-11,13H,1-3H3/b8-4+,12-11+/t13-/m1/s1. The van der Waals surface area contributed by atoms with E-state index in [0.29, 0.717) is 0 Å². The molecule has 0 fully saturated rings. The van der Waals surface area contributed by atoms with E-state index >= 15 is 0 Å². The van der Waals surface area contributed by atoms with Crippen LogP contribution in [0.5, 0.6) is 0 Å². The van der Waals surface area contributed by atoms with Crippen LogP contribution in [0.3, 0.4) is 0 Å². The van der Waals surface area contributed by atoms with Crippen molar-refractivity contribution in [1.82, 2.24) is 0 Å². The van der Waals surface area contributed by atoms with Crippen molar-refractivity contribution in [3.05, 3.63) is 59.9 Å². The van der Waals surface area contributed by atoms with Crippen molar-refractivity contribution in [2.45, 2.75) is 26.9 Å². The van der Waals surface area contributed by atoms with Gasteiger partial charge in [-0.3, -0.25) is 0 Å². The van der Waals surface area contributed by atoms with Gasteiger partial charge in [-0.1, -0.05) is 42.5 Å².